The number of nitrogens with zero attached hydrogens (tertiary/aromatic N) is 2. The molecule has 2 N–H and O–H groups in total. The quantitative estimate of drug-likeness (QED) is 0.622. The van der Waals surface area contributed by atoms with Crippen LogP contribution in [0, 0.1) is 0 Å². The van der Waals surface area contributed by atoms with E-state index in [-0.39, 0.29) is 36.5 Å². The fourth-order valence-electron chi connectivity index (χ4n) is 3.94. The lowest BCUT2D eigenvalue weighted by Gasteiger charge is -2.40. The summed E-state index contributed by atoms with van der Waals surface area (Å²) in [7, 11) is 0. The number of pyridine rings is 2. The van der Waals surface area contributed by atoms with Gasteiger partial charge in [0.05, 0.1) is 11.3 Å². The molecule has 0 bridgehead atoms. The van der Waals surface area contributed by atoms with Gasteiger partial charge in [0.25, 0.3) is 5.91 Å². The van der Waals surface area contributed by atoms with Gasteiger partial charge in [0.1, 0.15) is 23.1 Å². The lowest BCUT2D eigenvalue weighted by atomic mass is 9.77. The molecule has 1 atom stereocenters. The molecule has 29 heavy (non-hydrogen) atoms. The van der Waals surface area contributed by atoms with E-state index in [4.69, 9.17) is 11.6 Å². The number of hydrogen-bond donors (Lipinski definition) is 2. The topological polar surface area (TPSA) is 75.1 Å². The Balaban J connectivity index is 1.71. The molecule has 1 aliphatic carbocycles. The van der Waals surface area contributed by atoms with Crippen molar-refractivity contribution in [3.8, 4) is 0 Å². The Morgan fingerprint density at radius 3 is 2.69 bits per heavy atom. The van der Waals surface area contributed by atoms with Crippen molar-refractivity contribution >= 4 is 28.3 Å². The second-order valence-corrected chi connectivity index (χ2v) is 7.84. The molecule has 1 saturated carbocycles. The van der Waals surface area contributed by atoms with Crippen LogP contribution in [0.4, 0.5) is 4.39 Å². The molecule has 2 heterocycles. The first kappa shape index (κ1) is 19.7. The first-order chi connectivity index (χ1) is 14.0. The number of amides is 1. The van der Waals surface area contributed by atoms with E-state index in [0.717, 1.165) is 5.39 Å². The largest absolute Gasteiger partial charge is 0.387 e. The number of hydrogen-bond acceptors (Lipinski definition) is 4. The highest BCUT2D eigenvalue weighted by molar-refractivity contribution is 6.29. The number of carbonyl (C=O) groups excluding carboxylic acids is 1. The summed E-state index contributed by atoms with van der Waals surface area (Å²) in [6, 6.07) is 13.5. The van der Waals surface area contributed by atoms with Crippen molar-refractivity contribution in [2.45, 2.75) is 43.5 Å². The van der Waals surface area contributed by atoms with Gasteiger partial charge in [-0.25, -0.2) is 9.37 Å². The number of aliphatic hydroxyl groups is 1. The molecule has 1 fully saturated rings. The predicted molar refractivity (Wildman–Crippen MR) is 110 cm³/mol. The number of carbonyl (C=O) groups is 1. The minimum Gasteiger partial charge on any atom is -0.387 e. The van der Waals surface area contributed by atoms with Gasteiger partial charge in [0.2, 0.25) is 0 Å². The van der Waals surface area contributed by atoms with Gasteiger partial charge in [-0.2, -0.15) is 0 Å². The maximum Gasteiger partial charge on any atom is 0.271 e. The van der Waals surface area contributed by atoms with Gasteiger partial charge >= 0.3 is 0 Å². The van der Waals surface area contributed by atoms with Crippen LogP contribution in [0.25, 0.3) is 10.8 Å². The van der Waals surface area contributed by atoms with E-state index in [0.29, 0.717) is 11.1 Å². The fourth-order valence-corrected chi connectivity index (χ4v) is 4.11. The number of nitrogens with one attached hydrogen (secondary N) is 1. The number of alkyl halides is 1. The molecule has 150 valence electrons. The lowest BCUT2D eigenvalue weighted by molar-refractivity contribution is -0.0455. The molecule has 4 rings (SSSR count). The standard InChI is InChI=1S/C22H21ClFN3O2/c23-18-7-3-6-17(26-18)20(22(29)11-8-15(24)9-12-22)27-21(28)19-16-5-2-1-4-14(16)10-13-25-19/h1-7,10,13,15,20,29H,8-9,11-12H2,(H,27,28)/t15-,20?,22-. The molecule has 5 nitrogen and oxygen atoms in total. The van der Waals surface area contributed by atoms with Gasteiger partial charge in [-0.1, -0.05) is 41.9 Å². The number of fused-ring (bicyclic) bond motifs is 1. The second kappa shape index (κ2) is 8.05. The molecule has 1 aliphatic rings. The molecule has 7 heteroatoms. The average molecular weight is 414 g/mol. The number of aromatic nitrogens is 2. The van der Waals surface area contributed by atoms with Gasteiger partial charge in [-0.15, -0.1) is 0 Å². The Labute approximate surface area is 172 Å². The lowest BCUT2D eigenvalue weighted by Crippen LogP contribution is -2.49. The number of halogens is 2. The van der Waals surface area contributed by atoms with Crippen LogP contribution in [-0.2, 0) is 0 Å². The monoisotopic (exact) mass is 413 g/mol. The molecular weight excluding hydrogens is 393 g/mol. The highest BCUT2D eigenvalue weighted by Gasteiger charge is 2.43. The smallest absolute Gasteiger partial charge is 0.271 e. The van der Waals surface area contributed by atoms with E-state index in [2.05, 4.69) is 15.3 Å². The minimum absolute atomic E-state index is 0.219. The Hall–Kier alpha value is -2.57. The van der Waals surface area contributed by atoms with Crippen LogP contribution < -0.4 is 5.32 Å². The number of rotatable bonds is 4. The SMILES string of the molecule is O=C(NC(c1cccc(Cl)n1)[C@]1(O)CC[C@H](F)CC1)c1nccc2ccccc12. The van der Waals surface area contributed by atoms with Gasteiger partial charge in [-0.05, 0) is 49.3 Å². The van der Waals surface area contributed by atoms with Crippen LogP contribution in [0.2, 0.25) is 5.15 Å². The van der Waals surface area contributed by atoms with E-state index in [1.54, 1.807) is 24.4 Å². The average Bonchev–Trinajstić information content (AvgIpc) is 2.73. The van der Waals surface area contributed by atoms with Crippen LogP contribution in [-0.4, -0.2) is 32.8 Å². The van der Waals surface area contributed by atoms with E-state index in [9.17, 15) is 14.3 Å². The van der Waals surface area contributed by atoms with Gasteiger partial charge in [0, 0.05) is 11.6 Å². The zero-order valence-electron chi connectivity index (χ0n) is 15.7. The predicted octanol–water partition coefficient (Wildman–Crippen LogP) is 4.40. The van der Waals surface area contributed by atoms with E-state index >= 15 is 0 Å². The Morgan fingerprint density at radius 1 is 1.17 bits per heavy atom. The highest BCUT2D eigenvalue weighted by atomic mass is 35.5. The summed E-state index contributed by atoms with van der Waals surface area (Å²) in [5.41, 5.74) is -0.621. The molecule has 2 aromatic heterocycles. The maximum absolute atomic E-state index is 13.7. The second-order valence-electron chi connectivity index (χ2n) is 7.45. The van der Waals surface area contributed by atoms with Crippen LogP contribution in [0.15, 0.2) is 54.7 Å². The highest BCUT2D eigenvalue weighted by Crippen LogP contribution is 2.39. The van der Waals surface area contributed by atoms with E-state index in [1.807, 2.05) is 30.3 Å². The van der Waals surface area contributed by atoms with Gasteiger partial charge in [-0.3, -0.25) is 9.78 Å². The van der Waals surface area contributed by atoms with Crippen molar-refractivity contribution in [2.75, 3.05) is 0 Å². The van der Waals surface area contributed by atoms with E-state index in [1.165, 1.54) is 0 Å². The van der Waals surface area contributed by atoms with Gasteiger partial charge < -0.3 is 10.4 Å². The van der Waals surface area contributed by atoms with Crippen molar-refractivity contribution in [1.29, 1.82) is 0 Å². The summed E-state index contributed by atoms with van der Waals surface area (Å²) < 4.78 is 13.7. The van der Waals surface area contributed by atoms with Crippen LogP contribution in [0.1, 0.15) is 47.9 Å². The maximum atomic E-state index is 13.7. The molecule has 1 amide bonds. The van der Waals surface area contributed by atoms with Crippen LogP contribution >= 0.6 is 11.6 Å². The first-order valence-electron chi connectivity index (χ1n) is 9.60. The van der Waals surface area contributed by atoms with Crippen molar-refractivity contribution < 1.29 is 14.3 Å². The van der Waals surface area contributed by atoms with Gasteiger partial charge in [0.15, 0.2) is 0 Å². The van der Waals surface area contributed by atoms with Crippen molar-refractivity contribution in [3.63, 3.8) is 0 Å². The zero-order chi connectivity index (χ0) is 20.4. The molecule has 0 radical (unpaired) electrons. The summed E-state index contributed by atoms with van der Waals surface area (Å²) in [6.45, 7) is 0. The molecule has 0 spiro atoms. The van der Waals surface area contributed by atoms with Crippen LogP contribution in [0.5, 0.6) is 0 Å². The molecule has 1 aromatic carbocycles. The molecule has 0 aliphatic heterocycles. The Bertz CT molecular complexity index is 1030. The molecule has 0 saturated heterocycles. The summed E-state index contributed by atoms with van der Waals surface area (Å²) in [6.07, 6.45) is 1.53. The Kier molecular flexibility index (Phi) is 5.48. The van der Waals surface area contributed by atoms with Crippen LogP contribution in [0.3, 0.4) is 0 Å². The number of benzene rings is 1. The summed E-state index contributed by atoms with van der Waals surface area (Å²) in [4.78, 5) is 21.7. The molecule has 3 aromatic rings. The third-order valence-corrected chi connectivity index (χ3v) is 5.73. The van der Waals surface area contributed by atoms with E-state index < -0.39 is 23.7 Å². The van der Waals surface area contributed by atoms with Crippen molar-refractivity contribution in [2.24, 2.45) is 0 Å². The minimum atomic E-state index is -1.32. The summed E-state index contributed by atoms with van der Waals surface area (Å²) >= 11 is 6.05. The summed E-state index contributed by atoms with van der Waals surface area (Å²) in [5, 5.41) is 16.1. The molecule has 1 unspecified atom stereocenters. The summed E-state index contributed by atoms with van der Waals surface area (Å²) in [5.74, 6) is -0.427. The zero-order valence-corrected chi connectivity index (χ0v) is 16.4. The third-order valence-electron chi connectivity index (χ3n) is 5.51. The third kappa shape index (κ3) is 4.09. The van der Waals surface area contributed by atoms with Crippen molar-refractivity contribution in [1.82, 2.24) is 15.3 Å². The first-order valence-corrected chi connectivity index (χ1v) is 9.97. The fraction of sp³-hybridized carbons (Fsp3) is 0.318. The van der Waals surface area contributed by atoms with Crippen molar-refractivity contribution in [3.05, 3.63) is 71.3 Å². The Morgan fingerprint density at radius 2 is 1.93 bits per heavy atom. The molecular formula is C22H21ClFN3O2. The normalized spacial score (nSPS) is 22.9.